The average Bonchev–Trinajstić information content (AvgIpc) is 3.59. The molecule has 0 spiro atoms. The summed E-state index contributed by atoms with van der Waals surface area (Å²) in [6.45, 7) is 4.12. The van der Waals surface area contributed by atoms with Crippen LogP contribution in [0.4, 0.5) is 10.5 Å². The van der Waals surface area contributed by atoms with E-state index in [4.69, 9.17) is 15.2 Å². The Balaban J connectivity index is 1.61. The maximum absolute atomic E-state index is 14.4. The molecule has 0 unspecified atom stereocenters. The van der Waals surface area contributed by atoms with Crippen molar-refractivity contribution in [3.63, 3.8) is 0 Å². The second-order valence-electron chi connectivity index (χ2n) is 13.7. The number of nitrogens with one attached hydrogen (secondary N) is 2. The molecule has 0 saturated heterocycles. The number of nitrogens with zero attached hydrogens (tertiary/aromatic N) is 1. The van der Waals surface area contributed by atoms with Crippen LogP contribution >= 0.6 is 0 Å². The topological polar surface area (TPSA) is 157 Å². The van der Waals surface area contributed by atoms with Crippen molar-refractivity contribution >= 4 is 33.7 Å². The molecule has 2 amide bonds. The molecule has 1 fully saturated rings. The molecule has 0 bridgehead atoms. The summed E-state index contributed by atoms with van der Waals surface area (Å²) < 4.78 is 39.4. The van der Waals surface area contributed by atoms with E-state index in [0.29, 0.717) is 37.8 Å². The molecule has 12 heteroatoms. The first-order chi connectivity index (χ1) is 24.4. The molecular formula is C39H52N4O7S. The van der Waals surface area contributed by atoms with Crippen molar-refractivity contribution in [3.8, 4) is 0 Å². The summed E-state index contributed by atoms with van der Waals surface area (Å²) in [6, 6.07) is 23.0. The van der Waals surface area contributed by atoms with Gasteiger partial charge >= 0.3 is 12.1 Å². The molecule has 276 valence electrons. The molecule has 0 aliphatic heterocycles. The SMILES string of the molecule is COC(=O)N[C@H](C(=O)NC1(CCC[C@@H](C(=O)OC)N(CCC(C)C)S(=O)(=O)c2ccc(N)cc2)CCCC1)C(c1ccccc1)c1ccccc1. The van der Waals surface area contributed by atoms with Gasteiger partial charge in [-0.1, -0.05) is 87.4 Å². The maximum Gasteiger partial charge on any atom is 0.407 e. The number of carbonyl (C=O) groups excluding carboxylic acids is 3. The molecule has 1 aliphatic rings. The lowest BCUT2D eigenvalue weighted by Crippen LogP contribution is -2.56. The lowest BCUT2D eigenvalue weighted by atomic mass is 9.83. The fourth-order valence-electron chi connectivity index (χ4n) is 6.97. The van der Waals surface area contributed by atoms with Gasteiger partial charge in [0.25, 0.3) is 0 Å². The van der Waals surface area contributed by atoms with Crippen molar-refractivity contribution in [2.75, 3.05) is 26.5 Å². The zero-order chi connectivity index (χ0) is 37.0. The predicted octanol–water partition coefficient (Wildman–Crippen LogP) is 6.00. The first-order valence-corrected chi connectivity index (χ1v) is 19.1. The first-order valence-electron chi connectivity index (χ1n) is 17.6. The summed E-state index contributed by atoms with van der Waals surface area (Å²) >= 11 is 0. The van der Waals surface area contributed by atoms with Gasteiger partial charge < -0.3 is 25.8 Å². The third-order valence-electron chi connectivity index (χ3n) is 9.71. The molecule has 4 N–H and O–H groups in total. The summed E-state index contributed by atoms with van der Waals surface area (Å²) in [5.74, 6) is -1.32. The number of hydrogen-bond acceptors (Lipinski definition) is 8. The number of ether oxygens (including phenoxy) is 2. The molecule has 4 rings (SSSR count). The number of nitrogens with two attached hydrogens (primary N) is 1. The minimum absolute atomic E-state index is 0.0458. The van der Waals surface area contributed by atoms with Crippen molar-refractivity contribution in [2.45, 2.75) is 93.7 Å². The molecule has 0 radical (unpaired) electrons. The fourth-order valence-corrected chi connectivity index (χ4v) is 8.59. The molecular weight excluding hydrogens is 669 g/mol. The standard InChI is InChI=1S/C39H52N4O7S/c1-28(2)23-27-43(51(47,48)32-21-19-31(40)20-22-32)33(37(45)49-3)18-13-26-39(24-11-12-25-39)42-36(44)35(41-38(46)50-4)34(29-14-7-5-8-15-29)30-16-9-6-10-17-30/h5-10,14-17,19-22,28,33-35H,11-13,18,23-27,40H2,1-4H3,(H,41,46)(H,42,44)/t33-,35-/m0/s1. The minimum atomic E-state index is -4.08. The maximum atomic E-state index is 14.4. The highest BCUT2D eigenvalue weighted by molar-refractivity contribution is 7.89. The van der Waals surface area contributed by atoms with Gasteiger partial charge in [-0.15, -0.1) is 0 Å². The number of amides is 2. The highest BCUT2D eigenvalue weighted by atomic mass is 32.2. The van der Waals surface area contributed by atoms with E-state index in [1.54, 1.807) is 0 Å². The number of nitrogen functional groups attached to an aromatic ring is 1. The van der Waals surface area contributed by atoms with Crippen LogP contribution in [0.25, 0.3) is 0 Å². The number of esters is 1. The van der Waals surface area contributed by atoms with E-state index in [9.17, 15) is 22.8 Å². The third-order valence-corrected chi connectivity index (χ3v) is 11.6. The van der Waals surface area contributed by atoms with Gasteiger partial charge in [-0.25, -0.2) is 13.2 Å². The van der Waals surface area contributed by atoms with Crippen LogP contribution in [0.3, 0.4) is 0 Å². The molecule has 0 heterocycles. The minimum Gasteiger partial charge on any atom is -0.468 e. The van der Waals surface area contributed by atoms with Gasteiger partial charge in [0.15, 0.2) is 0 Å². The Morgan fingerprint density at radius 2 is 1.41 bits per heavy atom. The Hall–Kier alpha value is -4.42. The Morgan fingerprint density at radius 1 is 0.843 bits per heavy atom. The summed E-state index contributed by atoms with van der Waals surface area (Å²) in [7, 11) is -1.56. The molecule has 51 heavy (non-hydrogen) atoms. The van der Waals surface area contributed by atoms with Gasteiger partial charge in [-0.05, 0) is 79.8 Å². The second-order valence-corrected chi connectivity index (χ2v) is 15.6. The van der Waals surface area contributed by atoms with Crippen molar-refractivity contribution in [2.24, 2.45) is 5.92 Å². The van der Waals surface area contributed by atoms with Crippen LogP contribution in [0.1, 0.15) is 82.3 Å². The van der Waals surface area contributed by atoms with E-state index in [2.05, 4.69) is 10.6 Å². The van der Waals surface area contributed by atoms with Crippen molar-refractivity contribution < 1.29 is 32.3 Å². The quantitative estimate of drug-likeness (QED) is 0.113. The van der Waals surface area contributed by atoms with Gasteiger partial charge in [0.1, 0.15) is 12.1 Å². The lowest BCUT2D eigenvalue weighted by molar-refractivity contribution is -0.145. The van der Waals surface area contributed by atoms with Crippen LogP contribution in [0, 0.1) is 5.92 Å². The van der Waals surface area contributed by atoms with Gasteiger partial charge in [-0.2, -0.15) is 4.31 Å². The number of rotatable bonds is 17. The second kappa shape index (κ2) is 18.2. The van der Waals surface area contributed by atoms with Gasteiger partial charge in [-0.3, -0.25) is 9.59 Å². The Kier molecular flexibility index (Phi) is 14.0. The number of hydrogen-bond donors (Lipinski definition) is 3. The summed E-state index contributed by atoms with van der Waals surface area (Å²) in [6.07, 6.45) is 4.13. The Bertz CT molecular complexity index is 1640. The molecule has 1 aliphatic carbocycles. The number of alkyl carbamates (subject to hydrolysis) is 1. The summed E-state index contributed by atoms with van der Waals surface area (Å²) in [5.41, 5.74) is 7.35. The highest BCUT2D eigenvalue weighted by Gasteiger charge is 2.41. The average molecular weight is 721 g/mol. The first kappa shape index (κ1) is 39.4. The van der Waals surface area contributed by atoms with E-state index >= 15 is 0 Å². The Morgan fingerprint density at radius 3 is 1.92 bits per heavy atom. The van der Waals surface area contributed by atoms with Crippen LogP contribution in [0.5, 0.6) is 0 Å². The zero-order valence-corrected chi connectivity index (χ0v) is 30.9. The van der Waals surface area contributed by atoms with E-state index in [0.717, 1.165) is 24.0 Å². The summed E-state index contributed by atoms with van der Waals surface area (Å²) in [5, 5.41) is 6.13. The molecule has 2 atom stereocenters. The van der Waals surface area contributed by atoms with Gasteiger partial charge in [0.05, 0.1) is 19.1 Å². The highest BCUT2D eigenvalue weighted by Crippen LogP contribution is 2.36. The van der Waals surface area contributed by atoms with E-state index in [1.165, 1.54) is 42.8 Å². The van der Waals surface area contributed by atoms with Crippen LogP contribution < -0.4 is 16.4 Å². The molecule has 11 nitrogen and oxygen atoms in total. The molecule has 0 aromatic heterocycles. The van der Waals surface area contributed by atoms with Crippen LogP contribution in [0.2, 0.25) is 0 Å². The normalized spacial score (nSPS) is 15.4. The fraction of sp³-hybridized carbons (Fsp3) is 0.462. The smallest absolute Gasteiger partial charge is 0.407 e. The number of anilines is 1. The monoisotopic (exact) mass is 720 g/mol. The third kappa shape index (κ3) is 10.3. The lowest BCUT2D eigenvalue weighted by Gasteiger charge is -2.36. The van der Waals surface area contributed by atoms with Crippen molar-refractivity contribution in [1.29, 1.82) is 0 Å². The van der Waals surface area contributed by atoms with Crippen molar-refractivity contribution in [3.05, 3.63) is 96.1 Å². The summed E-state index contributed by atoms with van der Waals surface area (Å²) in [4.78, 5) is 40.5. The van der Waals surface area contributed by atoms with E-state index in [1.807, 2.05) is 74.5 Å². The van der Waals surface area contributed by atoms with Crippen molar-refractivity contribution in [1.82, 2.24) is 14.9 Å². The predicted molar refractivity (Wildman–Crippen MR) is 197 cm³/mol. The van der Waals surface area contributed by atoms with Gasteiger partial charge in [0, 0.05) is 23.7 Å². The number of benzene rings is 3. The van der Waals surface area contributed by atoms with Gasteiger partial charge in [0.2, 0.25) is 15.9 Å². The number of methoxy groups -OCH3 is 2. The van der Waals surface area contributed by atoms with Crippen LogP contribution in [-0.2, 0) is 29.1 Å². The van der Waals surface area contributed by atoms with E-state index in [-0.39, 0.29) is 29.7 Å². The molecule has 3 aromatic carbocycles. The Labute approximate surface area is 302 Å². The largest absolute Gasteiger partial charge is 0.468 e. The van der Waals surface area contributed by atoms with E-state index < -0.39 is 45.6 Å². The molecule has 3 aromatic rings. The zero-order valence-electron chi connectivity index (χ0n) is 30.0. The molecule has 1 saturated carbocycles. The van der Waals surface area contributed by atoms with Crippen LogP contribution in [-0.4, -0.2) is 69.1 Å². The number of sulfonamides is 1. The van der Waals surface area contributed by atoms with Crippen LogP contribution in [0.15, 0.2) is 89.8 Å². The number of carbonyl (C=O) groups is 3.